The summed E-state index contributed by atoms with van der Waals surface area (Å²) in [4.78, 5) is 2.27. The molecule has 0 radical (unpaired) electrons. The third-order valence-corrected chi connectivity index (χ3v) is 4.33. The van der Waals surface area contributed by atoms with Gasteiger partial charge >= 0.3 is 0 Å². The first-order valence-electron chi connectivity index (χ1n) is 8.30. The van der Waals surface area contributed by atoms with E-state index in [1.807, 2.05) is 24.3 Å². The molecule has 0 unspecified atom stereocenters. The van der Waals surface area contributed by atoms with E-state index in [-0.39, 0.29) is 6.61 Å². The SMILES string of the molecule is N#CCc1ccc(OC[C@@H](O)CN2CCc3ccccc3C2)cc1. The average molecular weight is 322 g/mol. The minimum Gasteiger partial charge on any atom is -0.491 e. The normalized spacial score (nSPS) is 15.3. The van der Waals surface area contributed by atoms with Crippen LogP contribution in [-0.2, 0) is 19.4 Å². The predicted octanol–water partition coefficient (Wildman–Crippen LogP) is 2.55. The number of aliphatic hydroxyl groups is 1. The average Bonchev–Trinajstić information content (AvgIpc) is 2.61. The zero-order valence-electron chi connectivity index (χ0n) is 13.7. The molecule has 0 bridgehead atoms. The highest BCUT2D eigenvalue weighted by Crippen LogP contribution is 2.19. The molecule has 2 aromatic rings. The van der Waals surface area contributed by atoms with Crippen LogP contribution < -0.4 is 4.74 Å². The van der Waals surface area contributed by atoms with E-state index in [0.717, 1.165) is 30.8 Å². The van der Waals surface area contributed by atoms with E-state index in [0.29, 0.717) is 13.0 Å². The Morgan fingerprint density at radius 1 is 1.12 bits per heavy atom. The Bertz CT molecular complexity index is 706. The molecule has 2 aromatic carbocycles. The smallest absolute Gasteiger partial charge is 0.119 e. The van der Waals surface area contributed by atoms with Crippen LogP contribution in [0.4, 0.5) is 0 Å². The number of hydrogen-bond donors (Lipinski definition) is 1. The van der Waals surface area contributed by atoms with Crippen molar-refractivity contribution in [3.05, 3.63) is 65.2 Å². The molecule has 1 aliphatic rings. The summed E-state index contributed by atoms with van der Waals surface area (Å²) in [7, 11) is 0. The fourth-order valence-electron chi connectivity index (χ4n) is 3.05. The number of nitrogens with zero attached hydrogens (tertiary/aromatic N) is 2. The highest BCUT2D eigenvalue weighted by molar-refractivity contribution is 5.29. The Hall–Kier alpha value is -2.35. The minimum absolute atomic E-state index is 0.274. The van der Waals surface area contributed by atoms with Crippen molar-refractivity contribution in [3.8, 4) is 11.8 Å². The first-order valence-corrected chi connectivity index (χ1v) is 8.30. The summed E-state index contributed by atoms with van der Waals surface area (Å²) >= 11 is 0. The molecule has 0 spiro atoms. The van der Waals surface area contributed by atoms with Crippen LogP contribution in [0.2, 0.25) is 0 Å². The Kier molecular flexibility index (Phi) is 5.47. The zero-order valence-corrected chi connectivity index (χ0v) is 13.7. The molecule has 0 aromatic heterocycles. The third-order valence-electron chi connectivity index (χ3n) is 4.33. The number of benzene rings is 2. The maximum absolute atomic E-state index is 10.2. The maximum atomic E-state index is 10.2. The van der Waals surface area contributed by atoms with Gasteiger partial charge in [0.25, 0.3) is 0 Å². The van der Waals surface area contributed by atoms with Crippen molar-refractivity contribution in [2.75, 3.05) is 19.7 Å². The van der Waals surface area contributed by atoms with E-state index < -0.39 is 6.10 Å². The second kappa shape index (κ2) is 7.96. The highest BCUT2D eigenvalue weighted by Gasteiger charge is 2.18. The van der Waals surface area contributed by atoms with Crippen LogP contribution in [0.1, 0.15) is 16.7 Å². The quantitative estimate of drug-likeness (QED) is 0.888. The lowest BCUT2D eigenvalue weighted by atomic mass is 10.00. The van der Waals surface area contributed by atoms with Gasteiger partial charge in [-0.25, -0.2) is 0 Å². The van der Waals surface area contributed by atoms with Crippen LogP contribution >= 0.6 is 0 Å². The van der Waals surface area contributed by atoms with Gasteiger partial charge < -0.3 is 9.84 Å². The van der Waals surface area contributed by atoms with E-state index in [1.165, 1.54) is 11.1 Å². The predicted molar refractivity (Wildman–Crippen MR) is 92.7 cm³/mol. The molecular formula is C20H22N2O2. The first-order chi connectivity index (χ1) is 11.7. The van der Waals surface area contributed by atoms with Crippen LogP contribution in [0.15, 0.2) is 48.5 Å². The summed E-state index contributed by atoms with van der Waals surface area (Å²) in [6.45, 7) is 2.74. The summed E-state index contributed by atoms with van der Waals surface area (Å²) in [5, 5.41) is 18.9. The Labute approximate surface area is 142 Å². The Balaban J connectivity index is 1.46. The van der Waals surface area contributed by atoms with Crippen molar-refractivity contribution in [1.82, 2.24) is 4.90 Å². The lowest BCUT2D eigenvalue weighted by molar-refractivity contribution is 0.0638. The molecule has 1 aliphatic heterocycles. The molecule has 0 saturated heterocycles. The zero-order chi connectivity index (χ0) is 16.8. The van der Waals surface area contributed by atoms with E-state index in [2.05, 4.69) is 35.2 Å². The van der Waals surface area contributed by atoms with Crippen LogP contribution in [0.5, 0.6) is 5.75 Å². The molecular weight excluding hydrogens is 300 g/mol. The van der Waals surface area contributed by atoms with E-state index in [1.54, 1.807) is 0 Å². The van der Waals surface area contributed by atoms with E-state index >= 15 is 0 Å². The van der Waals surface area contributed by atoms with Gasteiger partial charge in [-0.1, -0.05) is 36.4 Å². The standard InChI is InChI=1S/C20H22N2O2/c21-11-9-16-5-7-20(8-6-16)24-15-19(23)14-22-12-10-17-3-1-2-4-18(17)13-22/h1-8,19,23H,9-10,12-15H2/t19-/m0/s1. The van der Waals surface area contributed by atoms with Crippen molar-refractivity contribution >= 4 is 0 Å². The monoisotopic (exact) mass is 322 g/mol. The van der Waals surface area contributed by atoms with Gasteiger partial charge in [-0.2, -0.15) is 5.26 Å². The van der Waals surface area contributed by atoms with Crippen molar-refractivity contribution in [2.45, 2.75) is 25.5 Å². The van der Waals surface area contributed by atoms with Crippen molar-refractivity contribution < 1.29 is 9.84 Å². The number of β-amino-alcohol motifs (C(OH)–C–C–N with tert-alkyl or cyclic N) is 1. The fraction of sp³-hybridized carbons (Fsp3) is 0.350. The van der Waals surface area contributed by atoms with Gasteiger partial charge in [-0.3, -0.25) is 4.90 Å². The Morgan fingerprint density at radius 2 is 1.88 bits per heavy atom. The lowest BCUT2D eigenvalue weighted by Gasteiger charge is -2.30. The Morgan fingerprint density at radius 3 is 2.62 bits per heavy atom. The number of nitriles is 1. The molecule has 1 heterocycles. The summed E-state index contributed by atoms with van der Waals surface area (Å²) in [6.07, 6.45) is 0.915. The molecule has 124 valence electrons. The van der Waals surface area contributed by atoms with Crippen LogP contribution in [0.25, 0.3) is 0 Å². The van der Waals surface area contributed by atoms with E-state index in [4.69, 9.17) is 10.00 Å². The van der Waals surface area contributed by atoms with Gasteiger partial charge in [0.2, 0.25) is 0 Å². The molecule has 0 fully saturated rings. The molecule has 1 N–H and O–H groups in total. The molecule has 24 heavy (non-hydrogen) atoms. The van der Waals surface area contributed by atoms with Crippen LogP contribution in [0, 0.1) is 11.3 Å². The number of hydrogen-bond acceptors (Lipinski definition) is 4. The highest BCUT2D eigenvalue weighted by atomic mass is 16.5. The topological polar surface area (TPSA) is 56.5 Å². The van der Waals surface area contributed by atoms with Gasteiger partial charge in [0.15, 0.2) is 0 Å². The van der Waals surface area contributed by atoms with Crippen LogP contribution in [-0.4, -0.2) is 35.8 Å². The van der Waals surface area contributed by atoms with Crippen molar-refractivity contribution in [1.29, 1.82) is 5.26 Å². The second-order valence-corrected chi connectivity index (χ2v) is 6.20. The van der Waals surface area contributed by atoms with Gasteiger partial charge in [-0.05, 0) is 35.2 Å². The minimum atomic E-state index is -0.519. The van der Waals surface area contributed by atoms with Gasteiger partial charge in [-0.15, -0.1) is 0 Å². The molecule has 4 heteroatoms. The molecule has 4 nitrogen and oxygen atoms in total. The largest absolute Gasteiger partial charge is 0.491 e. The lowest BCUT2D eigenvalue weighted by Crippen LogP contribution is -2.38. The van der Waals surface area contributed by atoms with Gasteiger partial charge in [0.05, 0.1) is 12.5 Å². The molecule has 1 atom stereocenters. The summed E-state index contributed by atoms with van der Waals surface area (Å²) < 4.78 is 5.65. The van der Waals surface area contributed by atoms with Crippen molar-refractivity contribution in [3.63, 3.8) is 0 Å². The third kappa shape index (κ3) is 4.35. The maximum Gasteiger partial charge on any atom is 0.119 e. The second-order valence-electron chi connectivity index (χ2n) is 6.20. The fourth-order valence-corrected chi connectivity index (χ4v) is 3.05. The molecule has 0 saturated carbocycles. The number of aliphatic hydroxyl groups excluding tert-OH is 1. The summed E-state index contributed by atoms with van der Waals surface area (Å²) in [5.74, 6) is 0.722. The van der Waals surface area contributed by atoms with Crippen molar-refractivity contribution in [2.24, 2.45) is 0 Å². The first kappa shape index (κ1) is 16.5. The molecule has 0 aliphatic carbocycles. The summed E-state index contributed by atoms with van der Waals surface area (Å²) in [5.41, 5.74) is 3.74. The summed E-state index contributed by atoms with van der Waals surface area (Å²) in [6, 6.07) is 18.1. The van der Waals surface area contributed by atoms with Gasteiger partial charge in [0.1, 0.15) is 18.5 Å². The van der Waals surface area contributed by atoms with Gasteiger partial charge in [0, 0.05) is 19.6 Å². The number of ether oxygens (including phenoxy) is 1. The molecule has 3 rings (SSSR count). The van der Waals surface area contributed by atoms with E-state index in [9.17, 15) is 5.11 Å². The number of fused-ring (bicyclic) bond motifs is 1. The number of rotatable bonds is 6. The molecule has 0 amide bonds. The van der Waals surface area contributed by atoms with Crippen LogP contribution in [0.3, 0.4) is 0 Å².